The molecule has 2 N–H and O–H groups in total. The first-order valence-corrected chi connectivity index (χ1v) is 8.51. The lowest BCUT2D eigenvalue weighted by Crippen LogP contribution is -2.30. The molecule has 1 atom stereocenters. The van der Waals surface area contributed by atoms with Crippen LogP contribution in [-0.4, -0.2) is 20.1 Å². The number of hydrogen-bond acceptors (Lipinski definition) is 4. The monoisotopic (exact) mass is 323 g/mol. The van der Waals surface area contributed by atoms with Gasteiger partial charge < -0.3 is 9.52 Å². The summed E-state index contributed by atoms with van der Waals surface area (Å²) in [5.41, 5.74) is 0.431. The average Bonchev–Trinajstić information content (AvgIpc) is 2.98. The van der Waals surface area contributed by atoms with Gasteiger partial charge in [-0.25, -0.2) is 13.1 Å². The van der Waals surface area contributed by atoms with E-state index < -0.39 is 16.1 Å². The lowest BCUT2D eigenvalue weighted by molar-refractivity contribution is 0.154. The van der Waals surface area contributed by atoms with Crippen LogP contribution in [0.5, 0.6) is 0 Å². The molecule has 0 spiro atoms. The molecule has 0 aliphatic heterocycles. The lowest BCUT2D eigenvalue weighted by atomic mass is 9.87. The first-order chi connectivity index (χ1) is 10.2. The summed E-state index contributed by atoms with van der Waals surface area (Å²) in [6.45, 7) is 5.73. The van der Waals surface area contributed by atoms with Crippen molar-refractivity contribution in [1.29, 1.82) is 0 Å². The molecule has 0 saturated carbocycles. The van der Waals surface area contributed by atoms with Gasteiger partial charge in [-0.1, -0.05) is 39.0 Å². The van der Waals surface area contributed by atoms with E-state index in [1.807, 2.05) is 26.8 Å². The Morgan fingerprint density at radius 2 is 1.86 bits per heavy atom. The molecular weight excluding hydrogens is 302 g/mol. The van der Waals surface area contributed by atoms with Crippen molar-refractivity contribution in [2.45, 2.75) is 37.2 Å². The van der Waals surface area contributed by atoms with Crippen LogP contribution in [-0.2, 0) is 15.4 Å². The van der Waals surface area contributed by atoms with Gasteiger partial charge in [0.1, 0.15) is 11.9 Å². The highest BCUT2D eigenvalue weighted by atomic mass is 32.2. The number of furan rings is 1. The Hall–Kier alpha value is -1.63. The molecule has 1 aromatic heterocycles. The Labute approximate surface area is 131 Å². The number of rotatable bonds is 5. The first-order valence-electron chi connectivity index (χ1n) is 7.02. The third-order valence-electron chi connectivity index (χ3n) is 3.32. The highest BCUT2D eigenvalue weighted by Crippen LogP contribution is 2.28. The summed E-state index contributed by atoms with van der Waals surface area (Å²) in [6.07, 6.45) is 0.411. The van der Waals surface area contributed by atoms with E-state index in [0.29, 0.717) is 5.76 Å². The maximum absolute atomic E-state index is 12.5. The third-order valence-corrected chi connectivity index (χ3v) is 4.80. The lowest BCUT2D eigenvalue weighted by Gasteiger charge is -2.23. The first kappa shape index (κ1) is 16.7. The largest absolute Gasteiger partial charge is 0.467 e. The van der Waals surface area contributed by atoms with E-state index in [1.54, 1.807) is 30.3 Å². The van der Waals surface area contributed by atoms with E-state index >= 15 is 0 Å². The fraction of sp³-hybridized carbons (Fsp3) is 0.375. The zero-order chi connectivity index (χ0) is 16.4. The minimum atomic E-state index is -3.71. The minimum absolute atomic E-state index is 0.145. The maximum atomic E-state index is 12.5. The van der Waals surface area contributed by atoms with Crippen molar-refractivity contribution in [2.75, 3.05) is 6.54 Å². The van der Waals surface area contributed by atoms with Gasteiger partial charge in [-0.3, -0.25) is 0 Å². The number of nitrogens with one attached hydrogen (secondary N) is 1. The smallest absolute Gasteiger partial charge is 0.240 e. The topological polar surface area (TPSA) is 79.5 Å². The Morgan fingerprint density at radius 1 is 1.18 bits per heavy atom. The second-order valence-corrected chi connectivity index (χ2v) is 7.86. The summed E-state index contributed by atoms with van der Waals surface area (Å²) < 4.78 is 32.5. The fourth-order valence-corrected chi connectivity index (χ4v) is 3.62. The Kier molecular flexibility index (Phi) is 4.75. The molecule has 2 aromatic rings. The van der Waals surface area contributed by atoms with Crippen molar-refractivity contribution in [3.05, 3.63) is 54.0 Å². The third kappa shape index (κ3) is 3.76. The van der Waals surface area contributed by atoms with Crippen LogP contribution in [0.15, 0.2) is 52.0 Å². The normalized spacial score (nSPS) is 14.0. The average molecular weight is 323 g/mol. The predicted octanol–water partition coefficient (Wildman–Crippen LogP) is 2.59. The number of hydrogen-bond donors (Lipinski definition) is 2. The molecule has 0 bridgehead atoms. The highest BCUT2D eigenvalue weighted by molar-refractivity contribution is 7.89. The summed E-state index contributed by atoms with van der Waals surface area (Å²) in [7, 11) is -3.71. The van der Waals surface area contributed by atoms with Crippen molar-refractivity contribution in [3.63, 3.8) is 0 Å². The number of aliphatic hydroxyl groups excluding tert-OH is 1. The molecule has 0 fully saturated rings. The molecule has 1 unspecified atom stereocenters. The molecule has 1 aromatic carbocycles. The molecule has 120 valence electrons. The van der Waals surface area contributed by atoms with Crippen molar-refractivity contribution in [3.8, 4) is 0 Å². The van der Waals surface area contributed by atoms with Gasteiger partial charge in [0, 0.05) is 6.54 Å². The fourth-order valence-electron chi connectivity index (χ4n) is 2.17. The molecule has 0 saturated heterocycles. The predicted molar refractivity (Wildman–Crippen MR) is 84.0 cm³/mol. The van der Waals surface area contributed by atoms with Crippen LogP contribution < -0.4 is 4.72 Å². The number of sulfonamides is 1. The Balaban J connectivity index is 2.21. The number of aliphatic hydroxyl groups is 1. The second kappa shape index (κ2) is 6.24. The molecule has 0 radical (unpaired) electrons. The quantitative estimate of drug-likeness (QED) is 0.886. The van der Waals surface area contributed by atoms with Crippen molar-refractivity contribution >= 4 is 10.0 Å². The van der Waals surface area contributed by atoms with Crippen LogP contribution in [0.4, 0.5) is 0 Å². The van der Waals surface area contributed by atoms with Gasteiger partial charge in [0.25, 0.3) is 0 Å². The molecule has 0 amide bonds. The van der Waals surface area contributed by atoms with Crippen LogP contribution in [0, 0.1) is 0 Å². The van der Waals surface area contributed by atoms with Crippen LogP contribution in [0.2, 0.25) is 0 Å². The molecule has 1 heterocycles. The Morgan fingerprint density at radius 3 is 2.45 bits per heavy atom. The zero-order valence-electron chi connectivity index (χ0n) is 12.9. The van der Waals surface area contributed by atoms with Gasteiger partial charge in [-0.2, -0.15) is 0 Å². The minimum Gasteiger partial charge on any atom is -0.467 e. The molecule has 2 rings (SSSR count). The molecule has 22 heavy (non-hydrogen) atoms. The van der Waals surface area contributed by atoms with E-state index in [0.717, 1.165) is 5.56 Å². The maximum Gasteiger partial charge on any atom is 0.240 e. The van der Waals surface area contributed by atoms with Gasteiger partial charge >= 0.3 is 0 Å². The van der Waals surface area contributed by atoms with E-state index in [4.69, 9.17) is 4.42 Å². The van der Waals surface area contributed by atoms with E-state index in [1.165, 1.54) is 6.26 Å². The zero-order valence-corrected chi connectivity index (χ0v) is 13.7. The van der Waals surface area contributed by atoms with E-state index in [2.05, 4.69) is 4.72 Å². The molecule has 5 nitrogen and oxygen atoms in total. The van der Waals surface area contributed by atoms with Gasteiger partial charge in [-0.15, -0.1) is 0 Å². The van der Waals surface area contributed by atoms with Crippen LogP contribution in [0.25, 0.3) is 0 Å². The van der Waals surface area contributed by atoms with Gasteiger partial charge in [0.15, 0.2) is 0 Å². The highest BCUT2D eigenvalue weighted by Gasteiger charge is 2.26. The molecule has 6 heteroatoms. The van der Waals surface area contributed by atoms with Gasteiger partial charge in [-0.05, 0) is 29.2 Å². The number of benzene rings is 1. The summed E-state index contributed by atoms with van der Waals surface area (Å²) in [5, 5.41) is 9.93. The second-order valence-electron chi connectivity index (χ2n) is 6.13. The SMILES string of the molecule is CC(C)(C)c1ccccc1S(=O)(=O)NCC(O)c1ccco1. The summed E-state index contributed by atoms with van der Waals surface area (Å²) in [4.78, 5) is 0.231. The van der Waals surface area contributed by atoms with Crippen LogP contribution in [0.1, 0.15) is 38.2 Å². The summed E-state index contributed by atoms with van der Waals surface area (Å²) >= 11 is 0. The van der Waals surface area contributed by atoms with Gasteiger partial charge in [0.05, 0.1) is 11.2 Å². The molecule has 0 aliphatic rings. The Bertz CT molecular complexity index is 715. The summed E-state index contributed by atoms with van der Waals surface area (Å²) in [6, 6.07) is 10.1. The van der Waals surface area contributed by atoms with Gasteiger partial charge in [0.2, 0.25) is 10.0 Å². The molecule has 0 aliphatic carbocycles. The van der Waals surface area contributed by atoms with E-state index in [9.17, 15) is 13.5 Å². The summed E-state index contributed by atoms with van der Waals surface area (Å²) in [5.74, 6) is 0.326. The standard InChI is InChI=1S/C16H21NO4S/c1-16(2,3)12-7-4-5-9-15(12)22(19,20)17-11-13(18)14-8-6-10-21-14/h4-10,13,17-18H,11H2,1-3H3. The van der Waals surface area contributed by atoms with Crippen LogP contribution >= 0.6 is 0 Å². The van der Waals surface area contributed by atoms with E-state index in [-0.39, 0.29) is 16.9 Å². The van der Waals surface area contributed by atoms with Crippen molar-refractivity contribution < 1.29 is 17.9 Å². The van der Waals surface area contributed by atoms with Crippen molar-refractivity contribution in [1.82, 2.24) is 4.72 Å². The van der Waals surface area contributed by atoms with Crippen LogP contribution in [0.3, 0.4) is 0 Å². The van der Waals surface area contributed by atoms with Crippen molar-refractivity contribution in [2.24, 2.45) is 0 Å². The molecular formula is C16H21NO4S.